The number of nitrogens with one attached hydrogen (secondary N) is 1. The molecule has 0 bridgehead atoms. The summed E-state index contributed by atoms with van der Waals surface area (Å²) in [5.41, 5.74) is -0.445. The molecule has 0 aromatic heterocycles. The number of carbonyl (C=O) groups excluding carboxylic acids is 1. The van der Waals surface area contributed by atoms with Gasteiger partial charge < -0.3 is 15.0 Å². The number of likely N-dealkylation sites (tertiary alicyclic amines) is 1. The van der Waals surface area contributed by atoms with E-state index in [-0.39, 0.29) is 5.97 Å². The summed E-state index contributed by atoms with van der Waals surface area (Å²) in [5.74, 6) is 0.756. The van der Waals surface area contributed by atoms with E-state index < -0.39 is 5.54 Å². The van der Waals surface area contributed by atoms with Gasteiger partial charge in [0.2, 0.25) is 0 Å². The predicted octanol–water partition coefficient (Wildman–Crippen LogP) is 2.18. The molecular weight excluding hydrogens is 252 g/mol. The lowest BCUT2D eigenvalue weighted by molar-refractivity contribution is -0.153. The van der Waals surface area contributed by atoms with E-state index in [9.17, 15) is 4.79 Å². The summed E-state index contributed by atoms with van der Waals surface area (Å²) in [6.07, 6.45) is 5.46. The number of hydrogen-bond donors (Lipinski definition) is 1. The van der Waals surface area contributed by atoms with Gasteiger partial charge in [0, 0.05) is 12.6 Å². The minimum Gasteiger partial charge on any atom is -0.465 e. The molecule has 116 valence electrons. The topological polar surface area (TPSA) is 41.6 Å². The molecule has 2 fully saturated rings. The molecule has 2 aliphatic rings. The fraction of sp³-hybridized carbons (Fsp3) is 0.938. The highest BCUT2D eigenvalue weighted by molar-refractivity contribution is 5.81. The standard InChI is InChI=1S/C16H30N2O2/c1-4-17-16(15(19)20-5-2)9-6-7-14(11-16)18-10-8-13(3)12-18/h13-14,17H,4-12H2,1-3H3. The van der Waals surface area contributed by atoms with Crippen LogP contribution in [0.3, 0.4) is 0 Å². The molecule has 3 atom stereocenters. The van der Waals surface area contributed by atoms with Crippen molar-refractivity contribution < 1.29 is 9.53 Å². The van der Waals surface area contributed by atoms with Crippen LogP contribution >= 0.6 is 0 Å². The lowest BCUT2D eigenvalue weighted by Gasteiger charge is -2.42. The van der Waals surface area contributed by atoms with Crippen molar-refractivity contribution in [1.29, 1.82) is 0 Å². The minimum absolute atomic E-state index is 0.0428. The minimum atomic E-state index is -0.445. The van der Waals surface area contributed by atoms with E-state index in [2.05, 4.69) is 24.1 Å². The Kier molecular flexibility index (Phi) is 5.44. The molecule has 0 spiro atoms. The first-order chi connectivity index (χ1) is 9.61. The molecule has 1 saturated heterocycles. The van der Waals surface area contributed by atoms with Crippen LogP contribution in [0.15, 0.2) is 0 Å². The largest absolute Gasteiger partial charge is 0.465 e. The van der Waals surface area contributed by atoms with E-state index in [0.717, 1.165) is 31.7 Å². The Morgan fingerprint density at radius 2 is 2.20 bits per heavy atom. The van der Waals surface area contributed by atoms with Crippen molar-refractivity contribution in [2.45, 2.75) is 64.5 Å². The average molecular weight is 282 g/mol. The zero-order valence-electron chi connectivity index (χ0n) is 13.3. The maximum absolute atomic E-state index is 12.4. The number of esters is 1. The molecule has 1 N–H and O–H groups in total. The average Bonchev–Trinajstić information content (AvgIpc) is 2.86. The van der Waals surface area contributed by atoms with Crippen LogP contribution in [0.5, 0.6) is 0 Å². The lowest BCUT2D eigenvalue weighted by Crippen LogP contribution is -2.58. The van der Waals surface area contributed by atoms with E-state index in [4.69, 9.17) is 4.74 Å². The van der Waals surface area contributed by atoms with Gasteiger partial charge in [0.05, 0.1) is 6.61 Å². The van der Waals surface area contributed by atoms with Crippen LogP contribution in [0.25, 0.3) is 0 Å². The molecule has 20 heavy (non-hydrogen) atoms. The van der Waals surface area contributed by atoms with Crippen LogP contribution in [-0.2, 0) is 9.53 Å². The molecule has 4 nitrogen and oxygen atoms in total. The van der Waals surface area contributed by atoms with Gasteiger partial charge in [0.1, 0.15) is 5.54 Å². The van der Waals surface area contributed by atoms with Crippen LogP contribution in [0.1, 0.15) is 52.9 Å². The van der Waals surface area contributed by atoms with Gasteiger partial charge in [-0.2, -0.15) is 0 Å². The van der Waals surface area contributed by atoms with Gasteiger partial charge in [-0.05, 0) is 58.0 Å². The van der Waals surface area contributed by atoms with Gasteiger partial charge in [0.25, 0.3) is 0 Å². The highest BCUT2D eigenvalue weighted by atomic mass is 16.5. The highest BCUT2D eigenvalue weighted by Crippen LogP contribution is 2.34. The molecule has 1 heterocycles. The third kappa shape index (κ3) is 3.34. The van der Waals surface area contributed by atoms with Crippen LogP contribution in [0, 0.1) is 5.92 Å². The maximum Gasteiger partial charge on any atom is 0.326 e. The summed E-state index contributed by atoms with van der Waals surface area (Å²) in [4.78, 5) is 15.0. The van der Waals surface area contributed by atoms with Gasteiger partial charge in [-0.3, -0.25) is 4.79 Å². The summed E-state index contributed by atoms with van der Waals surface area (Å²) in [7, 11) is 0. The molecule has 0 aromatic carbocycles. The van der Waals surface area contributed by atoms with Crippen molar-refractivity contribution >= 4 is 5.97 Å². The quantitative estimate of drug-likeness (QED) is 0.785. The molecule has 0 aromatic rings. The molecular formula is C16H30N2O2. The second-order valence-corrected chi connectivity index (χ2v) is 6.47. The molecule has 1 aliphatic carbocycles. The fourth-order valence-corrected chi connectivity index (χ4v) is 3.88. The smallest absolute Gasteiger partial charge is 0.326 e. The Morgan fingerprint density at radius 3 is 2.80 bits per heavy atom. The second kappa shape index (κ2) is 6.90. The molecule has 1 saturated carbocycles. The number of likely N-dealkylation sites (N-methyl/N-ethyl adjacent to an activating group) is 1. The summed E-state index contributed by atoms with van der Waals surface area (Å²) >= 11 is 0. The van der Waals surface area contributed by atoms with E-state index >= 15 is 0 Å². The van der Waals surface area contributed by atoms with Gasteiger partial charge in [-0.1, -0.05) is 13.8 Å². The van der Waals surface area contributed by atoms with Crippen LogP contribution in [-0.4, -0.2) is 48.7 Å². The molecule has 0 radical (unpaired) electrons. The van der Waals surface area contributed by atoms with Gasteiger partial charge in [0.15, 0.2) is 0 Å². The third-order valence-electron chi connectivity index (χ3n) is 4.88. The number of carbonyl (C=O) groups is 1. The fourth-order valence-electron chi connectivity index (χ4n) is 3.88. The van der Waals surface area contributed by atoms with Crippen molar-refractivity contribution in [3.05, 3.63) is 0 Å². The van der Waals surface area contributed by atoms with Gasteiger partial charge in [-0.15, -0.1) is 0 Å². The Bertz CT molecular complexity index is 330. The second-order valence-electron chi connectivity index (χ2n) is 6.47. The molecule has 0 amide bonds. The lowest BCUT2D eigenvalue weighted by atomic mass is 9.78. The zero-order chi connectivity index (χ0) is 14.6. The van der Waals surface area contributed by atoms with Crippen molar-refractivity contribution in [3.8, 4) is 0 Å². The Morgan fingerprint density at radius 1 is 1.40 bits per heavy atom. The predicted molar refractivity (Wildman–Crippen MR) is 80.7 cm³/mol. The number of ether oxygens (including phenoxy) is 1. The van der Waals surface area contributed by atoms with Crippen molar-refractivity contribution in [3.63, 3.8) is 0 Å². The summed E-state index contributed by atoms with van der Waals surface area (Å²) in [5, 5.41) is 3.45. The Balaban J connectivity index is 2.06. The van der Waals surface area contributed by atoms with Gasteiger partial charge in [-0.25, -0.2) is 0 Å². The summed E-state index contributed by atoms with van der Waals surface area (Å²) < 4.78 is 5.35. The molecule has 2 rings (SSSR count). The van der Waals surface area contributed by atoms with Crippen LogP contribution in [0.2, 0.25) is 0 Å². The molecule has 4 heteroatoms. The van der Waals surface area contributed by atoms with Gasteiger partial charge >= 0.3 is 5.97 Å². The zero-order valence-corrected chi connectivity index (χ0v) is 13.3. The van der Waals surface area contributed by atoms with E-state index in [1.54, 1.807) is 0 Å². The van der Waals surface area contributed by atoms with E-state index in [1.807, 2.05) is 6.92 Å². The number of nitrogens with zero attached hydrogens (tertiary/aromatic N) is 1. The first-order valence-electron chi connectivity index (χ1n) is 8.27. The first kappa shape index (κ1) is 15.8. The SMILES string of the molecule is CCNC1(C(=O)OCC)CCCC(N2CCC(C)C2)C1. The monoisotopic (exact) mass is 282 g/mol. The van der Waals surface area contributed by atoms with Crippen LogP contribution < -0.4 is 5.32 Å². The number of rotatable bonds is 5. The molecule has 1 aliphatic heterocycles. The number of hydrogen-bond acceptors (Lipinski definition) is 4. The normalized spacial score (nSPS) is 35.1. The van der Waals surface area contributed by atoms with Crippen molar-refractivity contribution in [1.82, 2.24) is 10.2 Å². The molecule has 3 unspecified atom stereocenters. The Hall–Kier alpha value is -0.610. The third-order valence-corrected chi connectivity index (χ3v) is 4.88. The van der Waals surface area contributed by atoms with E-state index in [1.165, 1.54) is 25.9 Å². The highest BCUT2D eigenvalue weighted by Gasteiger charge is 2.45. The van der Waals surface area contributed by atoms with E-state index in [0.29, 0.717) is 12.6 Å². The van der Waals surface area contributed by atoms with Crippen LogP contribution in [0.4, 0.5) is 0 Å². The maximum atomic E-state index is 12.4. The summed E-state index contributed by atoms with van der Waals surface area (Å²) in [6.45, 7) is 9.96. The van der Waals surface area contributed by atoms with Crippen molar-refractivity contribution in [2.75, 3.05) is 26.2 Å². The van der Waals surface area contributed by atoms with Crippen molar-refractivity contribution in [2.24, 2.45) is 5.92 Å². The summed E-state index contributed by atoms with van der Waals surface area (Å²) in [6, 6.07) is 0.539. The first-order valence-corrected chi connectivity index (χ1v) is 8.27. The Labute approximate surface area is 123 Å².